The van der Waals surface area contributed by atoms with Gasteiger partial charge in [-0.25, -0.2) is 0 Å². The maximum Gasteiger partial charge on any atom is 0.237 e. The molecule has 0 aromatic rings. The van der Waals surface area contributed by atoms with Crippen LogP contribution in [0.1, 0.15) is 246 Å². The summed E-state index contributed by atoms with van der Waals surface area (Å²) in [6.45, 7) is 18.5. The van der Waals surface area contributed by atoms with Gasteiger partial charge in [-0.3, -0.25) is 4.79 Å². The zero-order valence-corrected chi connectivity index (χ0v) is 36.9. The molecule has 0 radical (unpaired) electrons. The Bertz CT molecular complexity index is 776. The van der Waals surface area contributed by atoms with E-state index in [9.17, 15) is 4.79 Å². The first-order chi connectivity index (χ1) is 26.1. The average Bonchev–Trinajstić information content (AvgIpc) is 3.16. The van der Waals surface area contributed by atoms with E-state index in [1.807, 2.05) is 0 Å². The monoisotopic (exact) mass is 744 g/mol. The zero-order chi connectivity index (χ0) is 38.7. The molecule has 0 rings (SSSR count). The van der Waals surface area contributed by atoms with Gasteiger partial charge in [0.1, 0.15) is 0 Å². The van der Waals surface area contributed by atoms with Gasteiger partial charge in [-0.05, 0) is 96.8 Å². The standard InChI is InChI=1S/C49H97N3O/c1-6-10-12-14-16-18-20-22-24-26-28-30-32-34-36-41-47(5)42-37-38-43-48(50-45-40-46-52(8-3)9-4)49(53)51-44-39-35-33-31-29-27-25-23-21-19-17-15-13-11-7-2/h23,25,48,50H,5-22,24,26-46H2,1-4H3,(H,51,53)/b25-23-. The van der Waals surface area contributed by atoms with Gasteiger partial charge >= 0.3 is 0 Å². The molecule has 4 heteroatoms. The number of hydrogen-bond donors (Lipinski definition) is 2. The lowest BCUT2D eigenvalue weighted by Crippen LogP contribution is -2.45. The molecule has 0 aliphatic carbocycles. The van der Waals surface area contributed by atoms with Crippen molar-refractivity contribution in [1.29, 1.82) is 0 Å². The predicted octanol–water partition coefficient (Wildman–Crippen LogP) is 14.8. The number of amides is 1. The molecule has 0 saturated carbocycles. The summed E-state index contributed by atoms with van der Waals surface area (Å²) >= 11 is 0. The highest BCUT2D eigenvalue weighted by Gasteiger charge is 2.17. The highest BCUT2D eigenvalue weighted by molar-refractivity contribution is 5.81. The van der Waals surface area contributed by atoms with Crippen molar-refractivity contribution in [3.63, 3.8) is 0 Å². The minimum absolute atomic E-state index is 0.0707. The van der Waals surface area contributed by atoms with Crippen LogP contribution in [-0.2, 0) is 4.79 Å². The van der Waals surface area contributed by atoms with Crippen LogP contribution in [0.15, 0.2) is 24.3 Å². The predicted molar refractivity (Wildman–Crippen MR) is 239 cm³/mol. The summed E-state index contributed by atoms with van der Waals surface area (Å²) in [5, 5.41) is 6.91. The van der Waals surface area contributed by atoms with E-state index >= 15 is 0 Å². The highest BCUT2D eigenvalue weighted by atomic mass is 16.2. The Kier molecular flexibility index (Phi) is 42.7. The van der Waals surface area contributed by atoms with Gasteiger partial charge < -0.3 is 15.5 Å². The van der Waals surface area contributed by atoms with Crippen LogP contribution < -0.4 is 10.6 Å². The van der Waals surface area contributed by atoms with Crippen LogP contribution >= 0.6 is 0 Å². The van der Waals surface area contributed by atoms with E-state index in [-0.39, 0.29) is 11.9 Å². The Morgan fingerprint density at radius 3 is 1.40 bits per heavy atom. The largest absolute Gasteiger partial charge is 0.355 e. The Labute approximate surface area is 334 Å². The number of carbonyl (C=O) groups excluding carboxylic acids is 1. The van der Waals surface area contributed by atoms with Crippen molar-refractivity contribution >= 4 is 5.91 Å². The van der Waals surface area contributed by atoms with E-state index in [0.717, 1.165) is 71.2 Å². The molecule has 0 aromatic heterocycles. The molecule has 1 atom stereocenters. The Hall–Kier alpha value is -1.13. The summed E-state index contributed by atoms with van der Waals surface area (Å²) in [6, 6.07) is -0.0707. The van der Waals surface area contributed by atoms with Gasteiger partial charge in [0.05, 0.1) is 6.04 Å². The van der Waals surface area contributed by atoms with Gasteiger partial charge in [0.2, 0.25) is 5.91 Å². The normalized spacial score (nSPS) is 12.3. The van der Waals surface area contributed by atoms with Crippen molar-refractivity contribution in [1.82, 2.24) is 15.5 Å². The maximum atomic E-state index is 13.2. The van der Waals surface area contributed by atoms with Crippen LogP contribution in [0.3, 0.4) is 0 Å². The summed E-state index contributed by atoms with van der Waals surface area (Å²) in [7, 11) is 0. The van der Waals surface area contributed by atoms with E-state index in [2.05, 4.69) is 62.0 Å². The van der Waals surface area contributed by atoms with E-state index in [0.29, 0.717) is 0 Å². The number of nitrogens with zero attached hydrogens (tertiary/aromatic N) is 1. The van der Waals surface area contributed by atoms with Gasteiger partial charge in [0.25, 0.3) is 0 Å². The van der Waals surface area contributed by atoms with Crippen molar-refractivity contribution in [2.24, 2.45) is 0 Å². The molecule has 0 fully saturated rings. The molecule has 1 amide bonds. The second kappa shape index (κ2) is 43.6. The number of carbonyl (C=O) groups is 1. The van der Waals surface area contributed by atoms with E-state index in [4.69, 9.17) is 0 Å². The molecule has 0 heterocycles. The molecule has 0 aliphatic heterocycles. The molecule has 0 aromatic carbocycles. The second-order valence-electron chi connectivity index (χ2n) is 16.5. The fourth-order valence-corrected chi connectivity index (χ4v) is 7.57. The number of rotatable bonds is 44. The molecule has 2 N–H and O–H groups in total. The fourth-order valence-electron chi connectivity index (χ4n) is 7.57. The Morgan fingerprint density at radius 1 is 0.509 bits per heavy atom. The van der Waals surface area contributed by atoms with Crippen molar-refractivity contribution in [2.45, 2.75) is 252 Å². The van der Waals surface area contributed by atoms with Gasteiger partial charge in [0.15, 0.2) is 0 Å². The maximum absolute atomic E-state index is 13.2. The summed E-state index contributed by atoms with van der Waals surface area (Å²) in [5.74, 6) is 0.208. The number of nitrogens with one attached hydrogen (secondary N) is 2. The second-order valence-corrected chi connectivity index (χ2v) is 16.5. The molecule has 0 bridgehead atoms. The van der Waals surface area contributed by atoms with Crippen LogP contribution in [-0.4, -0.2) is 49.6 Å². The van der Waals surface area contributed by atoms with Crippen LogP contribution in [0.25, 0.3) is 0 Å². The summed E-state index contributed by atoms with van der Waals surface area (Å²) in [4.78, 5) is 15.7. The summed E-state index contributed by atoms with van der Waals surface area (Å²) in [5.41, 5.74) is 1.41. The Balaban J connectivity index is 4.05. The van der Waals surface area contributed by atoms with E-state index < -0.39 is 0 Å². The first-order valence-corrected chi connectivity index (χ1v) is 24.1. The zero-order valence-electron chi connectivity index (χ0n) is 36.9. The molecule has 314 valence electrons. The van der Waals surface area contributed by atoms with Gasteiger partial charge in [0, 0.05) is 6.54 Å². The summed E-state index contributed by atoms with van der Waals surface area (Å²) < 4.78 is 0. The lowest BCUT2D eigenvalue weighted by molar-refractivity contribution is -0.123. The minimum Gasteiger partial charge on any atom is -0.355 e. The first-order valence-electron chi connectivity index (χ1n) is 24.1. The molecular formula is C49H97N3O. The minimum atomic E-state index is -0.0707. The van der Waals surface area contributed by atoms with Crippen LogP contribution in [0.5, 0.6) is 0 Å². The van der Waals surface area contributed by atoms with E-state index in [1.54, 1.807) is 0 Å². The van der Waals surface area contributed by atoms with Crippen molar-refractivity contribution < 1.29 is 4.79 Å². The topological polar surface area (TPSA) is 44.4 Å². The van der Waals surface area contributed by atoms with E-state index in [1.165, 1.54) is 185 Å². The SMILES string of the molecule is C=C(CCCCCCCCCCCCCCCCC)CCCCC(NCCCN(CC)CC)C(=O)NCCCCCCC/C=C\CCCCCCCC. The smallest absolute Gasteiger partial charge is 0.237 e. The van der Waals surface area contributed by atoms with Crippen molar-refractivity contribution in [2.75, 3.05) is 32.7 Å². The molecule has 0 aliphatic rings. The molecule has 4 nitrogen and oxygen atoms in total. The third-order valence-corrected chi connectivity index (χ3v) is 11.4. The average molecular weight is 744 g/mol. The highest BCUT2D eigenvalue weighted by Crippen LogP contribution is 2.18. The molecule has 0 saturated heterocycles. The Morgan fingerprint density at radius 2 is 0.925 bits per heavy atom. The van der Waals surface area contributed by atoms with Crippen molar-refractivity contribution in [3.05, 3.63) is 24.3 Å². The summed E-state index contributed by atoms with van der Waals surface area (Å²) in [6.07, 6.45) is 49.5. The lowest BCUT2D eigenvalue weighted by Gasteiger charge is -2.21. The van der Waals surface area contributed by atoms with Crippen molar-refractivity contribution in [3.8, 4) is 0 Å². The fraction of sp³-hybridized carbons (Fsp3) is 0.898. The van der Waals surface area contributed by atoms with Crippen LogP contribution in [0.4, 0.5) is 0 Å². The number of unbranched alkanes of at least 4 members (excludes halogenated alkanes) is 26. The van der Waals surface area contributed by atoms with Crippen LogP contribution in [0.2, 0.25) is 0 Å². The number of hydrogen-bond acceptors (Lipinski definition) is 3. The molecular weight excluding hydrogens is 647 g/mol. The first kappa shape index (κ1) is 51.9. The third-order valence-electron chi connectivity index (χ3n) is 11.4. The van der Waals surface area contributed by atoms with Gasteiger partial charge in [-0.1, -0.05) is 200 Å². The molecule has 0 spiro atoms. The quantitative estimate of drug-likeness (QED) is 0.0482. The number of allylic oxidation sites excluding steroid dienone is 3. The van der Waals surface area contributed by atoms with Crippen LogP contribution in [0, 0.1) is 0 Å². The van der Waals surface area contributed by atoms with Gasteiger partial charge in [-0.15, -0.1) is 0 Å². The van der Waals surface area contributed by atoms with Gasteiger partial charge in [-0.2, -0.15) is 0 Å². The lowest BCUT2D eigenvalue weighted by atomic mass is 10.00. The molecule has 53 heavy (non-hydrogen) atoms. The molecule has 1 unspecified atom stereocenters. The third kappa shape index (κ3) is 38.9.